The molecular weight excluding hydrogens is 375 g/mol. The Morgan fingerprint density at radius 1 is 1.19 bits per heavy atom. The molecule has 0 aromatic heterocycles. The van der Waals surface area contributed by atoms with Crippen LogP contribution in [0.25, 0.3) is 0 Å². The first kappa shape index (κ1) is 23.7. The molecule has 1 N–H and O–H groups in total. The van der Waals surface area contributed by atoms with Crippen molar-refractivity contribution in [3.63, 3.8) is 0 Å². The lowest BCUT2D eigenvalue weighted by molar-refractivity contribution is -0.102. The number of benzene rings is 1. The standard InChI is InChI=1S/C13H21NO2S.C7H9F3/c1-5-10-13(3,4)14-17(15,16)12-8-6-11(2)7-9-12;1-5(7(8,9)10)6-3-2-4-6/h6-9,14H,5,10H2,1-4H3;6H,1-4H2. The van der Waals surface area contributed by atoms with Crippen LogP contribution in [0.15, 0.2) is 41.3 Å². The van der Waals surface area contributed by atoms with Gasteiger partial charge in [0, 0.05) is 11.1 Å². The number of halogens is 3. The molecule has 0 heterocycles. The Balaban J connectivity index is 0.000000309. The number of hydrogen-bond donors (Lipinski definition) is 1. The van der Waals surface area contributed by atoms with Crippen LogP contribution in [0.3, 0.4) is 0 Å². The van der Waals surface area contributed by atoms with E-state index in [1.54, 1.807) is 24.3 Å². The molecule has 0 aliphatic heterocycles. The van der Waals surface area contributed by atoms with Gasteiger partial charge in [0.15, 0.2) is 0 Å². The van der Waals surface area contributed by atoms with Crippen LogP contribution in [-0.4, -0.2) is 20.1 Å². The van der Waals surface area contributed by atoms with E-state index in [-0.39, 0.29) is 5.92 Å². The fourth-order valence-corrected chi connectivity index (χ4v) is 4.25. The first-order chi connectivity index (χ1) is 12.3. The second-order valence-corrected chi connectivity index (χ2v) is 9.39. The number of hydrogen-bond acceptors (Lipinski definition) is 2. The Hall–Kier alpha value is -1.34. The Labute approximate surface area is 161 Å². The lowest BCUT2D eigenvalue weighted by Gasteiger charge is -2.28. The SMILES string of the molecule is C=C(C1CCC1)C(F)(F)F.CCCC(C)(C)NS(=O)(=O)c1ccc(C)cc1. The third-order valence-electron chi connectivity index (χ3n) is 4.58. The highest BCUT2D eigenvalue weighted by Gasteiger charge is 2.38. The quantitative estimate of drug-likeness (QED) is 0.612. The maximum atomic E-state index is 12.1. The number of aryl methyl sites for hydroxylation is 1. The molecule has 1 aromatic carbocycles. The van der Waals surface area contributed by atoms with E-state index in [1.165, 1.54) is 0 Å². The molecule has 2 rings (SSSR count). The molecule has 27 heavy (non-hydrogen) atoms. The third-order valence-corrected chi connectivity index (χ3v) is 6.29. The summed E-state index contributed by atoms with van der Waals surface area (Å²) in [6.45, 7) is 10.8. The highest BCUT2D eigenvalue weighted by molar-refractivity contribution is 7.89. The summed E-state index contributed by atoms with van der Waals surface area (Å²) in [4.78, 5) is 0.326. The average molecular weight is 406 g/mol. The summed E-state index contributed by atoms with van der Waals surface area (Å²) in [7, 11) is -3.41. The van der Waals surface area contributed by atoms with Crippen LogP contribution in [0.1, 0.15) is 58.4 Å². The minimum Gasteiger partial charge on any atom is -0.207 e. The summed E-state index contributed by atoms with van der Waals surface area (Å²) >= 11 is 0. The van der Waals surface area contributed by atoms with Gasteiger partial charge in [-0.2, -0.15) is 13.2 Å². The van der Waals surface area contributed by atoms with Crippen molar-refractivity contribution in [3.05, 3.63) is 42.0 Å². The summed E-state index contributed by atoms with van der Waals surface area (Å²) in [5.74, 6) is -0.278. The molecule has 7 heteroatoms. The zero-order valence-electron chi connectivity index (χ0n) is 16.5. The Bertz CT molecular complexity index is 719. The van der Waals surface area contributed by atoms with Gasteiger partial charge in [-0.15, -0.1) is 0 Å². The van der Waals surface area contributed by atoms with Gasteiger partial charge in [-0.3, -0.25) is 0 Å². The van der Waals surface area contributed by atoms with E-state index >= 15 is 0 Å². The van der Waals surface area contributed by atoms with Crippen LogP contribution in [0.4, 0.5) is 13.2 Å². The minimum absolute atomic E-state index is 0.278. The zero-order valence-corrected chi connectivity index (χ0v) is 17.3. The fraction of sp³-hybridized carbons (Fsp3) is 0.600. The van der Waals surface area contributed by atoms with E-state index in [1.807, 2.05) is 27.7 Å². The van der Waals surface area contributed by atoms with Gasteiger partial charge in [0.25, 0.3) is 0 Å². The minimum atomic E-state index is -4.16. The van der Waals surface area contributed by atoms with Crippen LogP contribution in [0.2, 0.25) is 0 Å². The van der Waals surface area contributed by atoms with Crippen LogP contribution in [-0.2, 0) is 10.0 Å². The summed E-state index contributed by atoms with van der Waals surface area (Å²) in [6.07, 6.45) is -0.150. The molecule has 3 nitrogen and oxygen atoms in total. The molecule has 0 spiro atoms. The summed E-state index contributed by atoms with van der Waals surface area (Å²) < 4.78 is 62.4. The molecule has 0 atom stereocenters. The van der Waals surface area contributed by atoms with E-state index in [0.717, 1.165) is 24.8 Å². The predicted molar refractivity (Wildman–Crippen MR) is 103 cm³/mol. The highest BCUT2D eigenvalue weighted by Crippen LogP contribution is 2.40. The van der Waals surface area contributed by atoms with E-state index in [0.29, 0.717) is 17.7 Å². The van der Waals surface area contributed by atoms with Crippen molar-refractivity contribution in [2.24, 2.45) is 5.92 Å². The molecule has 0 amide bonds. The number of sulfonamides is 1. The van der Waals surface area contributed by atoms with Crippen molar-refractivity contribution in [3.8, 4) is 0 Å². The second-order valence-electron chi connectivity index (χ2n) is 7.70. The Morgan fingerprint density at radius 2 is 1.70 bits per heavy atom. The molecule has 1 aliphatic carbocycles. The molecule has 1 aliphatic rings. The van der Waals surface area contributed by atoms with Crippen LogP contribution in [0.5, 0.6) is 0 Å². The maximum Gasteiger partial charge on any atom is 0.412 e. The lowest BCUT2D eigenvalue weighted by Crippen LogP contribution is -2.43. The molecule has 0 unspecified atom stereocenters. The van der Waals surface area contributed by atoms with Crippen molar-refractivity contribution in [2.45, 2.75) is 76.4 Å². The molecule has 0 bridgehead atoms. The second kappa shape index (κ2) is 9.24. The molecular formula is C20H30F3NO2S. The summed E-state index contributed by atoms with van der Waals surface area (Å²) in [6, 6.07) is 6.89. The van der Waals surface area contributed by atoms with Gasteiger partial charge in [0.1, 0.15) is 0 Å². The maximum absolute atomic E-state index is 12.1. The first-order valence-electron chi connectivity index (χ1n) is 9.15. The monoisotopic (exact) mass is 405 g/mol. The highest BCUT2D eigenvalue weighted by atomic mass is 32.2. The number of alkyl halides is 3. The van der Waals surface area contributed by atoms with E-state index in [2.05, 4.69) is 11.3 Å². The van der Waals surface area contributed by atoms with Gasteiger partial charge in [-0.05, 0) is 58.1 Å². The van der Waals surface area contributed by atoms with Crippen LogP contribution >= 0.6 is 0 Å². The van der Waals surface area contributed by atoms with Crippen molar-refractivity contribution in [1.82, 2.24) is 4.72 Å². The fourth-order valence-electron chi connectivity index (χ4n) is 2.80. The van der Waals surface area contributed by atoms with Crippen molar-refractivity contribution in [1.29, 1.82) is 0 Å². The van der Waals surface area contributed by atoms with Crippen LogP contribution < -0.4 is 4.72 Å². The van der Waals surface area contributed by atoms with Crippen molar-refractivity contribution in [2.75, 3.05) is 0 Å². The van der Waals surface area contributed by atoms with Gasteiger partial charge >= 0.3 is 6.18 Å². The number of nitrogens with one attached hydrogen (secondary N) is 1. The molecule has 1 fully saturated rings. The third kappa shape index (κ3) is 7.66. The average Bonchev–Trinajstić information content (AvgIpc) is 2.44. The number of rotatable bonds is 6. The molecule has 1 aromatic rings. The van der Waals surface area contributed by atoms with Gasteiger partial charge < -0.3 is 0 Å². The summed E-state index contributed by atoms with van der Waals surface area (Å²) in [5.41, 5.74) is 0.105. The van der Waals surface area contributed by atoms with E-state index in [9.17, 15) is 21.6 Å². The predicted octanol–water partition coefficient (Wildman–Crippen LogP) is 5.76. The first-order valence-corrected chi connectivity index (χ1v) is 10.6. The Kier molecular flexibility index (Phi) is 8.11. The normalized spacial score (nSPS) is 15.5. The summed E-state index contributed by atoms with van der Waals surface area (Å²) in [5, 5.41) is 0. The lowest BCUT2D eigenvalue weighted by atomic mass is 9.80. The largest absolute Gasteiger partial charge is 0.412 e. The van der Waals surface area contributed by atoms with Gasteiger partial charge in [0.05, 0.1) is 4.90 Å². The van der Waals surface area contributed by atoms with E-state index < -0.39 is 27.3 Å². The van der Waals surface area contributed by atoms with Gasteiger partial charge in [0.2, 0.25) is 10.0 Å². The van der Waals surface area contributed by atoms with Gasteiger partial charge in [-0.25, -0.2) is 13.1 Å². The molecule has 154 valence electrons. The Morgan fingerprint density at radius 3 is 2.04 bits per heavy atom. The molecule has 0 saturated heterocycles. The van der Waals surface area contributed by atoms with Crippen LogP contribution in [0, 0.1) is 12.8 Å². The van der Waals surface area contributed by atoms with E-state index in [4.69, 9.17) is 0 Å². The number of allylic oxidation sites excluding steroid dienone is 1. The van der Waals surface area contributed by atoms with Crippen molar-refractivity contribution >= 4 is 10.0 Å². The smallest absolute Gasteiger partial charge is 0.207 e. The molecule has 0 radical (unpaired) electrons. The zero-order chi connectivity index (χ0) is 20.9. The topological polar surface area (TPSA) is 46.2 Å². The van der Waals surface area contributed by atoms with Crippen molar-refractivity contribution < 1.29 is 21.6 Å². The van der Waals surface area contributed by atoms with Gasteiger partial charge in [-0.1, -0.05) is 44.0 Å². The molecule has 1 saturated carbocycles.